The van der Waals surface area contributed by atoms with E-state index in [1.54, 1.807) is 0 Å². The van der Waals surface area contributed by atoms with Gasteiger partial charge in [0.25, 0.3) is 0 Å². The molecule has 0 radical (unpaired) electrons. The molecule has 0 unspecified atom stereocenters. The minimum Gasteiger partial charge on any atom is -0.390 e. The molecule has 0 aromatic rings. The molecule has 82 valence electrons. The zero-order chi connectivity index (χ0) is 10.6. The van der Waals surface area contributed by atoms with Gasteiger partial charge in [-0.05, 0) is 26.7 Å². The number of rotatable bonds is 1. The van der Waals surface area contributed by atoms with Gasteiger partial charge in [-0.1, -0.05) is 0 Å². The smallest absolute Gasteiger partial charge is 0.112 e. The number of nitrogens with one attached hydrogen (secondary N) is 1. The predicted molar refractivity (Wildman–Crippen MR) is 50.7 cm³/mol. The van der Waals surface area contributed by atoms with Crippen LogP contribution in [-0.2, 0) is 0 Å². The second-order valence-corrected chi connectivity index (χ2v) is 5.14. The second-order valence-electron chi connectivity index (χ2n) is 5.14. The average molecular weight is 203 g/mol. The monoisotopic (exact) mass is 203 g/mol. The zero-order valence-corrected chi connectivity index (χ0v) is 8.63. The number of aliphatic hydroxyl groups is 2. The summed E-state index contributed by atoms with van der Waals surface area (Å²) in [7, 11) is 0. The molecule has 1 spiro atoms. The standard InChI is InChI=1S/C10H18FNO2/c1-9(2,11)8-7(14)6(13)5-12-10(8)3-4-10/h6-8,12-14H,3-5H2,1-2H3/t6-,7+,8+/m1/s1. The molecule has 3 N–H and O–H groups in total. The van der Waals surface area contributed by atoms with Crippen molar-refractivity contribution in [3.8, 4) is 0 Å². The fourth-order valence-electron chi connectivity index (χ4n) is 2.77. The molecule has 2 aliphatic rings. The molecule has 2 rings (SSSR count). The summed E-state index contributed by atoms with van der Waals surface area (Å²) in [6, 6.07) is 0. The number of hydrogen-bond acceptors (Lipinski definition) is 3. The summed E-state index contributed by atoms with van der Waals surface area (Å²) in [6.45, 7) is 3.31. The van der Waals surface area contributed by atoms with Crippen molar-refractivity contribution in [2.24, 2.45) is 5.92 Å². The molecule has 1 aliphatic heterocycles. The SMILES string of the molecule is CC(C)(F)[C@@H]1[C@@H](O)[C@H](O)CNC12CC2. The Hall–Kier alpha value is -0.190. The summed E-state index contributed by atoms with van der Waals surface area (Å²) in [5.74, 6) is -0.501. The van der Waals surface area contributed by atoms with Gasteiger partial charge in [-0.3, -0.25) is 0 Å². The lowest BCUT2D eigenvalue weighted by atomic mass is 9.75. The summed E-state index contributed by atoms with van der Waals surface area (Å²) in [5, 5.41) is 22.5. The van der Waals surface area contributed by atoms with Gasteiger partial charge < -0.3 is 15.5 Å². The number of halogens is 1. The van der Waals surface area contributed by atoms with E-state index in [0.717, 1.165) is 12.8 Å². The van der Waals surface area contributed by atoms with E-state index in [1.165, 1.54) is 13.8 Å². The highest BCUT2D eigenvalue weighted by atomic mass is 19.1. The third-order valence-electron chi connectivity index (χ3n) is 3.52. The number of hydrogen-bond donors (Lipinski definition) is 3. The zero-order valence-electron chi connectivity index (χ0n) is 8.63. The number of alkyl halides is 1. The van der Waals surface area contributed by atoms with E-state index >= 15 is 0 Å². The maximum atomic E-state index is 13.9. The van der Waals surface area contributed by atoms with E-state index in [1.807, 2.05) is 0 Å². The van der Waals surface area contributed by atoms with E-state index < -0.39 is 23.8 Å². The lowest BCUT2D eigenvalue weighted by Crippen LogP contribution is -2.63. The summed E-state index contributed by atoms with van der Waals surface area (Å²) in [5.41, 5.74) is -1.71. The van der Waals surface area contributed by atoms with Gasteiger partial charge in [0.2, 0.25) is 0 Å². The highest BCUT2D eigenvalue weighted by molar-refractivity contribution is 5.16. The van der Waals surface area contributed by atoms with Crippen LogP contribution in [0.2, 0.25) is 0 Å². The number of β-amino-alcohol motifs (C(OH)–C–C–N with tert-alkyl or cyclic N) is 1. The minimum atomic E-state index is -1.45. The minimum absolute atomic E-state index is 0.253. The van der Waals surface area contributed by atoms with E-state index in [0.29, 0.717) is 6.54 Å². The number of aliphatic hydroxyl groups excluding tert-OH is 2. The third-order valence-corrected chi connectivity index (χ3v) is 3.52. The Morgan fingerprint density at radius 2 is 1.93 bits per heavy atom. The van der Waals surface area contributed by atoms with Gasteiger partial charge in [0.15, 0.2) is 0 Å². The lowest BCUT2D eigenvalue weighted by Gasteiger charge is -2.44. The van der Waals surface area contributed by atoms with Crippen LogP contribution in [-0.4, -0.2) is 40.2 Å². The highest BCUT2D eigenvalue weighted by Crippen LogP contribution is 2.51. The molecular weight excluding hydrogens is 185 g/mol. The van der Waals surface area contributed by atoms with Gasteiger partial charge >= 0.3 is 0 Å². The molecule has 1 aliphatic carbocycles. The third kappa shape index (κ3) is 1.45. The second kappa shape index (κ2) is 2.90. The first-order valence-corrected chi connectivity index (χ1v) is 5.17. The van der Waals surface area contributed by atoms with Crippen LogP contribution in [0.1, 0.15) is 26.7 Å². The average Bonchev–Trinajstić information content (AvgIpc) is 2.77. The summed E-state index contributed by atoms with van der Waals surface area (Å²) in [4.78, 5) is 0. The highest BCUT2D eigenvalue weighted by Gasteiger charge is 2.61. The number of piperidine rings is 1. The molecule has 0 bridgehead atoms. The van der Waals surface area contributed by atoms with Crippen LogP contribution in [0.25, 0.3) is 0 Å². The van der Waals surface area contributed by atoms with Crippen LogP contribution in [0.5, 0.6) is 0 Å². The van der Waals surface area contributed by atoms with Gasteiger partial charge in [-0.2, -0.15) is 0 Å². The van der Waals surface area contributed by atoms with Crippen molar-refractivity contribution in [2.75, 3.05) is 6.54 Å². The Labute approximate surface area is 83.3 Å². The van der Waals surface area contributed by atoms with Crippen molar-refractivity contribution in [2.45, 2.75) is 50.1 Å². The molecule has 14 heavy (non-hydrogen) atoms. The van der Waals surface area contributed by atoms with Crippen LogP contribution in [0, 0.1) is 5.92 Å². The fraction of sp³-hybridized carbons (Fsp3) is 1.00. The first kappa shape index (κ1) is 10.3. The summed E-state index contributed by atoms with van der Waals surface area (Å²) in [6.07, 6.45) is 0.00356. The quantitative estimate of drug-likeness (QED) is 0.571. The van der Waals surface area contributed by atoms with Crippen molar-refractivity contribution in [3.63, 3.8) is 0 Å². The van der Waals surface area contributed by atoms with E-state index in [9.17, 15) is 14.6 Å². The van der Waals surface area contributed by atoms with Gasteiger partial charge in [-0.25, -0.2) is 4.39 Å². The molecule has 0 aromatic carbocycles. The van der Waals surface area contributed by atoms with Gasteiger partial charge in [0.05, 0.1) is 12.2 Å². The molecular formula is C10H18FNO2. The summed E-state index contributed by atoms with van der Waals surface area (Å²) >= 11 is 0. The Balaban J connectivity index is 2.23. The van der Waals surface area contributed by atoms with Crippen LogP contribution in [0.15, 0.2) is 0 Å². The van der Waals surface area contributed by atoms with Gasteiger partial charge in [-0.15, -0.1) is 0 Å². The van der Waals surface area contributed by atoms with E-state index in [-0.39, 0.29) is 5.54 Å². The van der Waals surface area contributed by atoms with Crippen molar-refractivity contribution in [1.82, 2.24) is 5.32 Å². The van der Waals surface area contributed by atoms with Crippen molar-refractivity contribution >= 4 is 0 Å². The molecule has 1 heterocycles. The van der Waals surface area contributed by atoms with Crippen LogP contribution >= 0.6 is 0 Å². The Morgan fingerprint density at radius 3 is 2.36 bits per heavy atom. The maximum Gasteiger partial charge on any atom is 0.112 e. The molecule has 1 saturated carbocycles. The van der Waals surface area contributed by atoms with Crippen molar-refractivity contribution in [1.29, 1.82) is 0 Å². The normalized spacial score (nSPS) is 41.4. The van der Waals surface area contributed by atoms with Crippen molar-refractivity contribution in [3.05, 3.63) is 0 Å². The predicted octanol–water partition coefficient (Wildman–Crippen LogP) is 0.208. The molecule has 4 heteroatoms. The first-order valence-electron chi connectivity index (χ1n) is 5.17. The van der Waals surface area contributed by atoms with E-state index in [2.05, 4.69) is 5.32 Å². The summed E-state index contributed by atoms with van der Waals surface area (Å²) < 4.78 is 13.9. The molecule has 3 atom stereocenters. The Morgan fingerprint density at radius 1 is 1.36 bits per heavy atom. The van der Waals surface area contributed by atoms with E-state index in [4.69, 9.17) is 0 Å². The van der Waals surface area contributed by atoms with Gasteiger partial charge in [0.1, 0.15) is 5.67 Å². The topological polar surface area (TPSA) is 52.5 Å². The molecule has 0 aromatic heterocycles. The molecule has 2 fully saturated rings. The first-order chi connectivity index (χ1) is 6.37. The van der Waals surface area contributed by atoms with Crippen LogP contribution in [0.3, 0.4) is 0 Å². The Bertz CT molecular complexity index is 235. The van der Waals surface area contributed by atoms with Gasteiger partial charge in [0, 0.05) is 18.0 Å². The lowest BCUT2D eigenvalue weighted by molar-refractivity contribution is -0.103. The largest absolute Gasteiger partial charge is 0.390 e. The molecule has 0 amide bonds. The maximum absolute atomic E-state index is 13.9. The van der Waals surface area contributed by atoms with Crippen molar-refractivity contribution < 1.29 is 14.6 Å². The molecule has 3 nitrogen and oxygen atoms in total. The Kier molecular flexibility index (Phi) is 2.14. The van der Waals surface area contributed by atoms with Crippen LogP contribution in [0.4, 0.5) is 4.39 Å². The molecule has 1 saturated heterocycles. The fourth-order valence-corrected chi connectivity index (χ4v) is 2.77. The van der Waals surface area contributed by atoms with Crippen LogP contribution < -0.4 is 5.32 Å².